The molecule has 4 unspecified atom stereocenters. The number of halogens is 3. The van der Waals surface area contributed by atoms with Crippen LogP contribution in [0.15, 0.2) is 0 Å². The second-order valence-electron chi connectivity index (χ2n) is 6.25. The van der Waals surface area contributed by atoms with Crippen molar-refractivity contribution in [1.29, 1.82) is 0 Å². The lowest BCUT2D eigenvalue weighted by Gasteiger charge is -2.28. The fourth-order valence-electron chi connectivity index (χ4n) is 4.00. The van der Waals surface area contributed by atoms with Crippen LogP contribution in [-0.4, -0.2) is 33.0 Å². The quantitative estimate of drug-likeness (QED) is 0.859. The van der Waals surface area contributed by atoms with E-state index in [-0.39, 0.29) is 18.9 Å². The fraction of sp³-hybridized carbons (Fsp3) is 0.846. The van der Waals surface area contributed by atoms with E-state index < -0.39 is 12.1 Å². The van der Waals surface area contributed by atoms with Crippen molar-refractivity contribution in [3.8, 4) is 0 Å². The highest BCUT2D eigenvalue weighted by Gasteiger charge is 2.46. The van der Waals surface area contributed by atoms with Crippen LogP contribution < -0.4 is 5.32 Å². The summed E-state index contributed by atoms with van der Waals surface area (Å²) in [6.07, 6.45) is -0.346. The average molecular weight is 286 g/mol. The molecule has 2 bridgehead atoms. The standard InChI is InChI=1S/C13H17F3N4/c14-13(15,16)7-1-4-11-18-19-12(20(11)6-7)9-5-8-2-3-10(9)17-8/h7-10,17H,1-6H2. The third-order valence-electron chi connectivity index (χ3n) is 5.07. The van der Waals surface area contributed by atoms with Gasteiger partial charge in [-0.25, -0.2) is 0 Å². The zero-order valence-corrected chi connectivity index (χ0v) is 11.0. The average Bonchev–Trinajstić information content (AvgIpc) is 3.11. The maximum Gasteiger partial charge on any atom is 0.393 e. The molecule has 2 saturated heterocycles. The zero-order valence-electron chi connectivity index (χ0n) is 11.0. The van der Waals surface area contributed by atoms with E-state index in [2.05, 4.69) is 15.5 Å². The molecule has 2 fully saturated rings. The Morgan fingerprint density at radius 1 is 1.15 bits per heavy atom. The molecule has 3 aliphatic heterocycles. The van der Waals surface area contributed by atoms with Gasteiger partial charge in [0.05, 0.1) is 5.92 Å². The van der Waals surface area contributed by atoms with E-state index >= 15 is 0 Å². The molecule has 20 heavy (non-hydrogen) atoms. The van der Waals surface area contributed by atoms with Gasteiger partial charge in [-0.05, 0) is 25.7 Å². The number of aryl methyl sites for hydroxylation is 1. The molecule has 1 aromatic rings. The molecule has 3 aliphatic rings. The SMILES string of the molecule is FC(F)(F)C1CCc2nnc(C3CC4CCC3N4)n2C1. The number of fused-ring (bicyclic) bond motifs is 3. The smallest absolute Gasteiger partial charge is 0.314 e. The number of nitrogens with one attached hydrogen (secondary N) is 1. The Morgan fingerprint density at radius 2 is 2.00 bits per heavy atom. The Morgan fingerprint density at radius 3 is 2.65 bits per heavy atom. The molecule has 0 amide bonds. The molecule has 4 nitrogen and oxygen atoms in total. The topological polar surface area (TPSA) is 42.7 Å². The van der Waals surface area contributed by atoms with Crippen LogP contribution in [0.2, 0.25) is 0 Å². The molecule has 0 radical (unpaired) electrons. The van der Waals surface area contributed by atoms with Crippen LogP contribution in [-0.2, 0) is 13.0 Å². The van der Waals surface area contributed by atoms with Gasteiger partial charge in [0.15, 0.2) is 0 Å². The first-order valence-electron chi connectivity index (χ1n) is 7.27. The fourth-order valence-corrected chi connectivity index (χ4v) is 4.00. The van der Waals surface area contributed by atoms with E-state index in [9.17, 15) is 13.2 Å². The van der Waals surface area contributed by atoms with Gasteiger partial charge in [-0.3, -0.25) is 0 Å². The highest BCUT2D eigenvalue weighted by atomic mass is 19.4. The lowest BCUT2D eigenvalue weighted by atomic mass is 9.88. The molecule has 0 aliphatic carbocycles. The van der Waals surface area contributed by atoms with E-state index in [0.717, 1.165) is 24.5 Å². The van der Waals surface area contributed by atoms with Gasteiger partial charge in [0, 0.05) is 31.0 Å². The predicted octanol–water partition coefficient (Wildman–Crippen LogP) is 2.01. The predicted molar refractivity (Wildman–Crippen MR) is 65.2 cm³/mol. The monoisotopic (exact) mass is 286 g/mol. The first-order valence-corrected chi connectivity index (χ1v) is 7.27. The highest BCUT2D eigenvalue weighted by molar-refractivity contribution is 5.15. The van der Waals surface area contributed by atoms with Crippen LogP contribution in [0.4, 0.5) is 13.2 Å². The van der Waals surface area contributed by atoms with Crippen molar-refractivity contribution in [2.45, 2.75) is 62.8 Å². The van der Waals surface area contributed by atoms with Crippen LogP contribution in [0.5, 0.6) is 0 Å². The molecule has 0 aromatic carbocycles. The minimum absolute atomic E-state index is 0.00491. The Kier molecular flexibility index (Phi) is 2.64. The molecule has 1 N–H and O–H groups in total. The van der Waals surface area contributed by atoms with Crippen LogP contribution in [0, 0.1) is 5.92 Å². The van der Waals surface area contributed by atoms with E-state index in [1.54, 1.807) is 4.57 Å². The van der Waals surface area contributed by atoms with Crippen molar-refractivity contribution in [1.82, 2.24) is 20.1 Å². The molecule has 4 rings (SSSR count). The summed E-state index contributed by atoms with van der Waals surface area (Å²) in [5.74, 6) is 0.482. The maximum atomic E-state index is 12.9. The molecule has 1 aromatic heterocycles. The molecular formula is C13H17F3N4. The number of aromatic nitrogens is 3. The van der Waals surface area contributed by atoms with E-state index in [4.69, 9.17) is 0 Å². The summed E-state index contributed by atoms with van der Waals surface area (Å²) in [5.41, 5.74) is 0. The van der Waals surface area contributed by atoms with Gasteiger partial charge in [0.2, 0.25) is 0 Å². The summed E-state index contributed by atoms with van der Waals surface area (Å²) in [5, 5.41) is 11.9. The Bertz CT molecular complexity index is 524. The lowest BCUT2D eigenvalue weighted by Crippen LogP contribution is -2.34. The third-order valence-corrected chi connectivity index (χ3v) is 5.07. The summed E-state index contributed by atoms with van der Waals surface area (Å²) in [6, 6.07) is 0.888. The van der Waals surface area contributed by atoms with Gasteiger partial charge < -0.3 is 9.88 Å². The molecule has 110 valence electrons. The molecule has 0 saturated carbocycles. The van der Waals surface area contributed by atoms with Crippen molar-refractivity contribution in [3.63, 3.8) is 0 Å². The number of hydrogen-bond acceptors (Lipinski definition) is 3. The highest BCUT2D eigenvalue weighted by Crippen LogP contribution is 2.41. The Hall–Kier alpha value is -1.11. The van der Waals surface area contributed by atoms with Crippen molar-refractivity contribution in [2.75, 3.05) is 0 Å². The van der Waals surface area contributed by atoms with Gasteiger partial charge in [0.1, 0.15) is 11.6 Å². The molecule has 4 atom stereocenters. The first-order chi connectivity index (χ1) is 9.52. The second kappa shape index (κ2) is 4.19. The molecule has 0 spiro atoms. The summed E-state index contributed by atoms with van der Waals surface area (Å²) in [4.78, 5) is 0. The number of rotatable bonds is 1. The van der Waals surface area contributed by atoms with Crippen molar-refractivity contribution in [3.05, 3.63) is 11.6 Å². The molecular weight excluding hydrogens is 269 g/mol. The zero-order chi connectivity index (χ0) is 13.9. The summed E-state index contributed by atoms with van der Waals surface area (Å²) < 4.78 is 40.5. The van der Waals surface area contributed by atoms with Gasteiger partial charge >= 0.3 is 6.18 Å². The van der Waals surface area contributed by atoms with Crippen molar-refractivity contribution >= 4 is 0 Å². The van der Waals surface area contributed by atoms with E-state index in [1.165, 1.54) is 6.42 Å². The Balaban J connectivity index is 1.63. The minimum atomic E-state index is -4.12. The summed E-state index contributed by atoms with van der Waals surface area (Å²) in [6.45, 7) is -0.00491. The summed E-state index contributed by atoms with van der Waals surface area (Å²) >= 11 is 0. The number of hydrogen-bond donors (Lipinski definition) is 1. The van der Waals surface area contributed by atoms with E-state index in [1.807, 2.05) is 0 Å². The van der Waals surface area contributed by atoms with Crippen molar-refractivity contribution < 1.29 is 13.2 Å². The normalized spacial score (nSPS) is 36.4. The van der Waals surface area contributed by atoms with Crippen LogP contribution in [0.3, 0.4) is 0 Å². The van der Waals surface area contributed by atoms with Gasteiger partial charge in [-0.2, -0.15) is 13.2 Å². The minimum Gasteiger partial charge on any atom is -0.314 e. The van der Waals surface area contributed by atoms with Gasteiger partial charge in [0.25, 0.3) is 0 Å². The molecule has 4 heterocycles. The van der Waals surface area contributed by atoms with Crippen LogP contribution in [0.1, 0.15) is 43.3 Å². The van der Waals surface area contributed by atoms with Crippen molar-refractivity contribution in [2.24, 2.45) is 5.92 Å². The van der Waals surface area contributed by atoms with Gasteiger partial charge in [-0.1, -0.05) is 0 Å². The second-order valence-corrected chi connectivity index (χ2v) is 6.25. The molecule has 7 heteroatoms. The largest absolute Gasteiger partial charge is 0.393 e. The lowest BCUT2D eigenvalue weighted by molar-refractivity contribution is -0.182. The van der Waals surface area contributed by atoms with Gasteiger partial charge in [-0.15, -0.1) is 10.2 Å². The number of nitrogens with zero attached hydrogens (tertiary/aromatic N) is 3. The maximum absolute atomic E-state index is 12.9. The Labute approximate surface area is 114 Å². The third kappa shape index (κ3) is 1.86. The van der Waals surface area contributed by atoms with Crippen LogP contribution in [0.25, 0.3) is 0 Å². The number of alkyl halides is 3. The first kappa shape index (κ1) is 12.6. The van der Waals surface area contributed by atoms with Crippen LogP contribution >= 0.6 is 0 Å². The van der Waals surface area contributed by atoms with E-state index in [0.29, 0.717) is 18.5 Å². The summed E-state index contributed by atoms with van der Waals surface area (Å²) in [7, 11) is 0.